The molecule has 0 aliphatic carbocycles. The molecule has 9 nitrogen and oxygen atoms in total. The van der Waals surface area contributed by atoms with Gasteiger partial charge in [-0.1, -0.05) is 0 Å². The summed E-state index contributed by atoms with van der Waals surface area (Å²) in [6, 6.07) is 5.56. The Bertz CT molecular complexity index is 1190. The minimum atomic E-state index is -1.69. The van der Waals surface area contributed by atoms with Crippen LogP contribution in [0.25, 0.3) is 22.2 Å². The van der Waals surface area contributed by atoms with Crippen molar-refractivity contribution in [2.24, 2.45) is 0 Å². The molecule has 2 atom stereocenters. The van der Waals surface area contributed by atoms with E-state index in [-0.39, 0.29) is 17.6 Å². The van der Waals surface area contributed by atoms with Crippen LogP contribution in [0.2, 0.25) is 0 Å². The van der Waals surface area contributed by atoms with Gasteiger partial charge in [-0.3, -0.25) is 4.98 Å². The second-order valence-corrected chi connectivity index (χ2v) is 10.0. The van der Waals surface area contributed by atoms with Crippen LogP contribution in [0.1, 0.15) is 33.6 Å². The molecular weight excluding hydrogens is 439 g/mol. The number of fused-ring (bicyclic) bond motifs is 1. The van der Waals surface area contributed by atoms with E-state index in [0.29, 0.717) is 37.6 Å². The van der Waals surface area contributed by atoms with E-state index in [1.165, 1.54) is 0 Å². The molecule has 4 heterocycles. The van der Waals surface area contributed by atoms with Crippen molar-refractivity contribution < 1.29 is 23.5 Å². The van der Waals surface area contributed by atoms with Gasteiger partial charge in [0.05, 0.1) is 30.5 Å². The van der Waals surface area contributed by atoms with Crippen LogP contribution >= 0.6 is 0 Å². The number of quaternary nitrogens is 1. The van der Waals surface area contributed by atoms with E-state index in [9.17, 15) is 9.90 Å². The van der Waals surface area contributed by atoms with Crippen LogP contribution in [0.4, 0.5) is 15.0 Å². The van der Waals surface area contributed by atoms with Gasteiger partial charge in [-0.05, 0) is 45.4 Å². The topological polar surface area (TPSA) is 102 Å². The highest BCUT2D eigenvalue weighted by molar-refractivity contribution is 5.91. The normalized spacial score (nSPS) is 23.2. The summed E-state index contributed by atoms with van der Waals surface area (Å²) in [7, 11) is 1.59. The predicted molar refractivity (Wildman–Crippen MR) is 127 cm³/mol. The maximum Gasteiger partial charge on any atom is 0.514 e. The molecule has 1 fully saturated rings. The summed E-state index contributed by atoms with van der Waals surface area (Å²) in [6.07, 6.45) is 5.02. The third-order valence-corrected chi connectivity index (χ3v) is 6.73. The molecule has 34 heavy (non-hydrogen) atoms. The van der Waals surface area contributed by atoms with Gasteiger partial charge in [-0.15, -0.1) is 0 Å². The minimum Gasteiger partial charge on any atom is -0.435 e. The van der Waals surface area contributed by atoms with Gasteiger partial charge in [0, 0.05) is 36.9 Å². The molecule has 1 amide bonds. The highest BCUT2D eigenvalue weighted by atomic mass is 19.1. The van der Waals surface area contributed by atoms with Gasteiger partial charge in [-0.25, -0.2) is 18.5 Å². The summed E-state index contributed by atoms with van der Waals surface area (Å²) < 4.78 is 22.6. The summed E-state index contributed by atoms with van der Waals surface area (Å²) in [4.78, 5) is 21.5. The first-order valence-electron chi connectivity index (χ1n) is 11.4. The third-order valence-electron chi connectivity index (χ3n) is 6.73. The maximum atomic E-state index is 16.1. The van der Waals surface area contributed by atoms with Crippen molar-refractivity contribution in [1.29, 1.82) is 0 Å². The number of aromatic nitrogens is 4. The fourth-order valence-electron chi connectivity index (χ4n) is 4.77. The first-order valence-corrected chi connectivity index (χ1v) is 11.4. The molecule has 1 aliphatic rings. The van der Waals surface area contributed by atoms with E-state index in [4.69, 9.17) is 9.72 Å². The molecule has 1 aliphatic heterocycles. The van der Waals surface area contributed by atoms with Gasteiger partial charge in [0.15, 0.2) is 5.67 Å². The van der Waals surface area contributed by atoms with E-state index in [2.05, 4.69) is 15.4 Å². The summed E-state index contributed by atoms with van der Waals surface area (Å²) in [5.74, 6) is 0.506. The number of nitrogens with one attached hydrogen (secondary N) is 1. The van der Waals surface area contributed by atoms with Crippen molar-refractivity contribution in [1.82, 2.24) is 19.7 Å². The average Bonchev–Trinajstić information content (AvgIpc) is 3.25. The van der Waals surface area contributed by atoms with Crippen LogP contribution in [0, 0.1) is 0 Å². The van der Waals surface area contributed by atoms with Crippen molar-refractivity contribution >= 4 is 22.8 Å². The Morgan fingerprint density at radius 1 is 1.41 bits per heavy atom. The zero-order valence-electron chi connectivity index (χ0n) is 20.1. The average molecular weight is 472 g/mol. The largest absolute Gasteiger partial charge is 0.514 e. The number of rotatable bonds is 6. The lowest BCUT2D eigenvalue weighted by atomic mass is 9.87. The number of alkyl halides is 1. The highest BCUT2D eigenvalue weighted by Crippen LogP contribution is 2.37. The molecule has 182 valence electrons. The van der Waals surface area contributed by atoms with Crippen LogP contribution in [0.5, 0.6) is 0 Å². The summed E-state index contributed by atoms with van der Waals surface area (Å²) >= 11 is 0. The van der Waals surface area contributed by atoms with Crippen LogP contribution in [0.3, 0.4) is 0 Å². The Morgan fingerprint density at radius 3 is 2.91 bits per heavy atom. The summed E-state index contributed by atoms with van der Waals surface area (Å²) in [5, 5.41) is 18.3. The maximum absolute atomic E-state index is 16.1. The standard InChI is InChI=1S/C24H31FN6O3/c1-23(2,3)31(22(32)33)10-6-8-24(25,15-31)14-27-21-18-7-5-9-26-20(18)11-19(29-21)17-12-28-30(13-17)16-34-4/h5,7,9,11-13H,6,8,10,14-16H2,1-4H3,(H-,26,27,29,32,33)/p+1/t24-,31?/m1/s1. The van der Waals surface area contributed by atoms with Crippen molar-refractivity contribution in [3.05, 3.63) is 36.8 Å². The minimum absolute atomic E-state index is 0.0419. The summed E-state index contributed by atoms with van der Waals surface area (Å²) in [6.45, 7) is 6.16. The fourth-order valence-corrected chi connectivity index (χ4v) is 4.77. The summed E-state index contributed by atoms with van der Waals surface area (Å²) in [5.41, 5.74) is -0.163. The predicted octanol–water partition coefficient (Wildman–Crippen LogP) is 4.30. The van der Waals surface area contributed by atoms with Crippen molar-refractivity contribution in [3.63, 3.8) is 0 Å². The molecule has 10 heteroatoms. The number of methoxy groups -OCH3 is 1. The molecule has 0 radical (unpaired) electrons. The molecular formula is C24H32FN6O3+. The Kier molecular flexibility index (Phi) is 6.30. The molecule has 1 saturated heterocycles. The smallest absolute Gasteiger partial charge is 0.435 e. The van der Waals surface area contributed by atoms with Crippen molar-refractivity contribution in [3.8, 4) is 11.3 Å². The van der Waals surface area contributed by atoms with E-state index < -0.39 is 17.3 Å². The number of amides is 1. The highest BCUT2D eigenvalue weighted by Gasteiger charge is 2.56. The van der Waals surface area contributed by atoms with Crippen LogP contribution in [-0.2, 0) is 11.5 Å². The number of ether oxygens (including phenoxy) is 1. The Labute approximate surface area is 198 Å². The Balaban J connectivity index is 1.64. The van der Waals surface area contributed by atoms with Gasteiger partial charge >= 0.3 is 6.09 Å². The number of piperidine rings is 1. The van der Waals surface area contributed by atoms with E-state index in [0.717, 1.165) is 16.5 Å². The molecule has 2 N–H and O–H groups in total. The van der Waals surface area contributed by atoms with Crippen LogP contribution in [-0.4, -0.2) is 73.4 Å². The van der Waals surface area contributed by atoms with Crippen LogP contribution < -0.4 is 5.32 Å². The number of anilines is 1. The molecule has 0 aromatic carbocycles. The number of carbonyl (C=O) groups is 1. The molecule has 0 saturated carbocycles. The second-order valence-electron chi connectivity index (χ2n) is 10.0. The number of pyridine rings is 2. The zero-order chi connectivity index (χ0) is 24.6. The lowest BCUT2D eigenvalue weighted by Gasteiger charge is -2.49. The van der Waals surface area contributed by atoms with E-state index in [1.807, 2.05) is 45.2 Å². The molecule has 0 bridgehead atoms. The molecule has 0 spiro atoms. The molecule has 3 aromatic heterocycles. The van der Waals surface area contributed by atoms with Gasteiger partial charge in [-0.2, -0.15) is 9.89 Å². The van der Waals surface area contributed by atoms with Crippen LogP contribution in [0.15, 0.2) is 36.8 Å². The molecule has 3 aromatic rings. The number of nitrogens with zero attached hydrogens (tertiary/aromatic N) is 5. The lowest BCUT2D eigenvalue weighted by Crippen LogP contribution is -2.70. The SMILES string of the molecule is COCn1cc(-c2cc3ncccc3c(NC[C@]3(F)CCC[N+](C(=O)O)(C(C)(C)C)C3)n2)cn1. The number of likely N-dealkylation sites (tertiary alicyclic amines) is 1. The van der Waals surface area contributed by atoms with Gasteiger partial charge in [0.1, 0.15) is 24.6 Å². The quantitative estimate of drug-likeness (QED) is 0.517. The number of hydrogen-bond donors (Lipinski definition) is 2. The third kappa shape index (κ3) is 4.47. The number of carboxylic acid groups (broad SMARTS) is 1. The monoisotopic (exact) mass is 471 g/mol. The van der Waals surface area contributed by atoms with Gasteiger partial charge in [0.2, 0.25) is 0 Å². The van der Waals surface area contributed by atoms with Gasteiger partial charge < -0.3 is 15.2 Å². The first kappa shape index (κ1) is 24.0. The lowest BCUT2D eigenvalue weighted by molar-refractivity contribution is -0.913. The number of halogens is 1. The molecule has 4 rings (SSSR count). The van der Waals surface area contributed by atoms with Crippen molar-refractivity contribution in [2.75, 3.05) is 32.1 Å². The number of hydrogen-bond acceptors (Lipinski definition) is 6. The Morgan fingerprint density at radius 2 is 2.21 bits per heavy atom. The first-order chi connectivity index (χ1) is 16.1. The second kappa shape index (κ2) is 8.92. The van der Waals surface area contributed by atoms with Gasteiger partial charge in [0.25, 0.3) is 0 Å². The molecule has 1 unspecified atom stereocenters. The zero-order valence-corrected chi connectivity index (χ0v) is 20.1. The van der Waals surface area contributed by atoms with E-state index >= 15 is 4.39 Å². The van der Waals surface area contributed by atoms with Crippen molar-refractivity contribution in [2.45, 2.75) is 51.6 Å². The fraction of sp³-hybridized carbons (Fsp3) is 0.500. The van der Waals surface area contributed by atoms with E-state index in [1.54, 1.807) is 24.2 Å². The Hall–Kier alpha value is -3.11.